The zero-order valence-electron chi connectivity index (χ0n) is 13.8. The van der Waals surface area contributed by atoms with Gasteiger partial charge in [0.1, 0.15) is 5.75 Å². The minimum atomic E-state index is -0.870. The topological polar surface area (TPSA) is 134 Å². The molecule has 0 saturated carbocycles. The number of carbonyl (C=O) groups is 4. The van der Waals surface area contributed by atoms with Gasteiger partial charge in [-0.05, 0) is 30.7 Å². The summed E-state index contributed by atoms with van der Waals surface area (Å²) in [6.45, 7) is 1.18. The predicted octanol–water partition coefficient (Wildman–Crippen LogP) is 0.121. The van der Waals surface area contributed by atoms with Crippen LogP contribution in [0.4, 0.5) is 5.69 Å². The summed E-state index contributed by atoms with van der Waals surface area (Å²) < 4.78 is 5.37. The molecule has 25 heavy (non-hydrogen) atoms. The van der Waals surface area contributed by atoms with Gasteiger partial charge in [-0.2, -0.15) is 0 Å². The zero-order valence-corrected chi connectivity index (χ0v) is 13.8. The number of carboxylic acid groups (broad SMARTS) is 1. The number of aliphatic carboxylic acids is 1. The Kier molecular flexibility index (Phi) is 8.48. The van der Waals surface area contributed by atoms with Gasteiger partial charge in [-0.15, -0.1) is 0 Å². The molecule has 136 valence electrons. The Morgan fingerprint density at radius 3 is 2.24 bits per heavy atom. The van der Waals surface area contributed by atoms with Crippen LogP contribution in [0, 0.1) is 0 Å². The molecule has 0 fully saturated rings. The summed E-state index contributed by atoms with van der Waals surface area (Å²) in [6, 6.07) is 6.55. The van der Waals surface area contributed by atoms with Crippen molar-refractivity contribution in [3.8, 4) is 5.75 Å². The van der Waals surface area contributed by atoms with Gasteiger partial charge >= 0.3 is 5.97 Å². The maximum atomic E-state index is 11.7. The van der Waals surface area contributed by atoms with Gasteiger partial charge < -0.3 is 25.8 Å². The minimum Gasteiger partial charge on any atom is -0.494 e. The van der Waals surface area contributed by atoms with Crippen molar-refractivity contribution in [3.63, 3.8) is 0 Å². The minimum absolute atomic E-state index is 0.0434. The summed E-state index contributed by atoms with van der Waals surface area (Å²) >= 11 is 0. The average molecular weight is 351 g/mol. The Labute approximate surface area is 144 Å². The van der Waals surface area contributed by atoms with Crippen LogP contribution in [-0.2, 0) is 19.2 Å². The Bertz CT molecular complexity index is 615. The summed E-state index contributed by atoms with van der Waals surface area (Å²) in [7, 11) is 0. The fourth-order valence-corrected chi connectivity index (χ4v) is 1.70. The molecule has 0 atom stereocenters. The van der Waals surface area contributed by atoms with Crippen LogP contribution in [-0.4, -0.2) is 48.5 Å². The van der Waals surface area contributed by atoms with E-state index in [-0.39, 0.29) is 25.4 Å². The smallest absolute Gasteiger partial charge is 0.303 e. The molecule has 1 rings (SSSR count). The van der Waals surface area contributed by atoms with E-state index in [0.29, 0.717) is 24.5 Å². The molecule has 1 aromatic carbocycles. The fraction of sp³-hybridized carbons (Fsp3) is 0.375. The maximum Gasteiger partial charge on any atom is 0.303 e. The third-order valence-electron chi connectivity index (χ3n) is 2.89. The summed E-state index contributed by atoms with van der Waals surface area (Å²) in [4.78, 5) is 44.1. The zero-order chi connectivity index (χ0) is 18.7. The van der Waals surface area contributed by atoms with Crippen molar-refractivity contribution in [1.29, 1.82) is 0 Å². The number of rotatable bonds is 10. The van der Waals surface area contributed by atoms with E-state index in [1.165, 1.54) is 6.92 Å². The van der Waals surface area contributed by atoms with Crippen LogP contribution in [0.25, 0.3) is 0 Å². The summed E-state index contributed by atoms with van der Waals surface area (Å²) in [5.74, 6) is -1.51. The number of ether oxygens (including phenoxy) is 1. The largest absolute Gasteiger partial charge is 0.494 e. The number of nitrogens with one attached hydrogen (secondary N) is 3. The average Bonchev–Trinajstić information content (AvgIpc) is 2.56. The molecule has 0 aliphatic rings. The number of carboxylic acids is 1. The Morgan fingerprint density at radius 1 is 1.00 bits per heavy atom. The molecule has 0 spiro atoms. The molecule has 1 aromatic rings. The van der Waals surface area contributed by atoms with E-state index in [1.54, 1.807) is 24.3 Å². The molecule has 0 aromatic heterocycles. The normalized spacial score (nSPS) is 9.80. The van der Waals surface area contributed by atoms with Crippen molar-refractivity contribution < 1.29 is 29.0 Å². The number of hydrogen-bond acceptors (Lipinski definition) is 5. The van der Waals surface area contributed by atoms with Crippen molar-refractivity contribution in [2.24, 2.45) is 0 Å². The van der Waals surface area contributed by atoms with Crippen molar-refractivity contribution in [3.05, 3.63) is 24.3 Å². The first kappa shape index (κ1) is 19.9. The summed E-state index contributed by atoms with van der Waals surface area (Å²) in [6.07, 6.45) is 0.452. The molecular formula is C16H21N3O6. The maximum absolute atomic E-state index is 11.7. The van der Waals surface area contributed by atoms with E-state index in [9.17, 15) is 19.2 Å². The van der Waals surface area contributed by atoms with Crippen LogP contribution in [0.5, 0.6) is 5.75 Å². The molecule has 0 radical (unpaired) electrons. The van der Waals surface area contributed by atoms with Gasteiger partial charge in [-0.1, -0.05) is 0 Å². The Balaban J connectivity index is 2.29. The van der Waals surface area contributed by atoms with E-state index in [2.05, 4.69) is 16.0 Å². The third kappa shape index (κ3) is 9.59. The summed E-state index contributed by atoms with van der Waals surface area (Å²) in [5, 5.41) is 15.8. The standard InChI is InChI=1S/C16H21N3O6/c1-11(20)17-9-14(21)18-10-15(22)19-12-4-6-13(7-5-12)25-8-2-3-16(23)24/h4-7H,2-3,8-10H2,1H3,(H,17,20)(H,18,21)(H,19,22)(H,23,24). The molecule has 9 heteroatoms. The lowest BCUT2D eigenvalue weighted by molar-refractivity contribution is -0.137. The lowest BCUT2D eigenvalue weighted by atomic mass is 10.3. The van der Waals surface area contributed by atoms with Crippen LogP contribution in [0.1, 0.15) is 19.8 Å². The fourth-order valence-electron chi connectivity index (χ4n) is 1.70. The van der Waals surface area contributed by atoms with Gasteiger partial charge in [-0.3, -0.25) is 19.2 Å². The Hall–Kier alpha value is -3.10. The first-order chi connectivity index (χ1) is 11.9. The van der Waals surface area contributed by atoms with Crippen LogP contribution in [0.15, 0.2) is 24.3 Å². The Morgan fingerprint density at radius 2 is 1.64 bits per heavy atom. The highest BCUT2D eigenvalue weighted by molar-refractivity contribution is 5.95. The molecule has 0 aliphatic heterocycles. The van der Waals surface area contributed by atoms with Crippen LogP contribution in [0.3, 0.4) is 0 Å². The van der Waals surface area contributed by atoms with Crippen molar-refractivity contribution in [2.45, 2.75) is 19.8 Å². The van der Waals surface area contributed by atoms with Crippen molar-refractivity contribution in [2.75, 3.05) is 25.0 Å². The highest BCUT2D eigenvalue weighted by Crippen LogP contribution is 2.15. The highest BCUT2D eigenvalue weighted by Gasteiger charge is 2.06. The van der Waals surface area contributed by atoms with Crippen LogP contribution in [0.2, 0.25) is 0 Å². The molecular weight excluding hydrogens is 330 g/mol. The first-order valence-corrected chi connectivity index (χ1v) is 7.62. The van der Waals surface area contributed by atoms with Crippen molar-refractivity contribution >= 4 is 29.4 Å². The van der Waals surface area contributed by atoms with E-state index in [1.807, 2.05) is 0 Å². The van der Waals surface area contributed by atoms with Gasteiger partial charge in [0.2, 0.25) is 17.7 Å². The van der Waals surface area contributed by atoms with E-state index < -0.39 is 17.8 Å². The van der Waals surface area contributed by atoms with Gasteiger partial charge in [0.05, 0.1) is 19.7 Å². The van der Waals surface area contributed by atoms with Gasteiger partial charge in [-0.25, -0.2) is 0 Å². The number of benzene rings is 1. The highest BCUT2D eigenvalue weighted by atomic mass is 16.5. The van der Waals surface area contributed by atoms with Crippen LogP contribution < -0.4 is 20.7 Å². The third-order valence-corrected chi connectivity index (χ3v) is 2.89. The molecule has 0 aliphatic carbocycles. The van der Waals surface area contributed by atoms with E-state index in [0.717, 1.165) is 0 Å². The molecule has 4 N–H and O–H groups in total. The number of amides is 3. The number of hydrogen-bond donors (Lipinski definition) is 4. The molecule has 0 heterocycles. The number of carbonyl (C=O) groups excluding carboxylic acids is 3. The molecule has 0 saturated heterocycles. The predicted molar refractivity (Wildman–Crippen MR) is 89.1 cm³/mol. The molecule has 9 nitrogen and oxygen atoms in total. The second-order valence-corrected chi connectivity index (χ2v) is 5.10. The molecule has 3 amide bonds. The second-order valence-electron chi connectivity index (χ2n) is 5.10. The van der Waals surface area contributed by atoms with Crippen LogP contribution >= 0.6 is 0 Å². The van der Waals surface area contributed by atoms with Gasteiger partial charge in [0, 0.05) is 19.0 Å². The van der Waals surface area contributed by atoms with Gasteiger partial charge in [0.15, 0.2) is 0 Å². The van der Waals surface area contributed by atoms with Crippen molar-refractivity contribution in [1.82, 2.24) is 10.6 Å². The SMILES string of the molecule is CC(=O)NCC(=O)NCC(=O)Nc1ccc(OCCCC(=O)O)cc1. The summed E-state index contributed by atoms with van der Waals surface area (Å²) in [5.41, 5.74) is 0.527. The van der Waals surface area contributed by atoms with E-state index >= 15 is 0 Å². The second kappa shape index (κ2) is 10.6. The van der Waals surface area contributed by atoms with Gasteiger partial charge in [0.25, 0.3) is 0 Å². The lowest BCUT2D eigenvalue weighted by Gasteiger charge is -2.09. The molecule has 0 unspecified atom stereocenters. The molecule has 0 bridgehead atoms. The first-order valence-electron chi connectivity index (χ1n) is 7.62. The lowest BCUT2D eigenvalue weighted by Crippen LogP contribution is -2.39. The monoisotopic (exact) mass is 351 g/mol. The number of anilines is 1. The van der Waals surface area contributed by atoms with E-state index in [4.69, 9.17) is 9.84 Å². The quantitative estimate of drug-likeness (QED) is 0.443.